The highest BCUT2D eigenvalue weighted by molar-refractivity contribution is 7.26. The van der Waals surface area contributed by atoms with E-state index in [2.05, 4.69) is 181 Å². The number of nitrogens with zero attached hydrogens (tertiary/aromatic N) is 1. The van der Waals surface area contributed by atoms with Crippen LogP contribution in [0.2, 0.25) is 0 Å². The van der Waals surface area contributed by atoms with Crippen LogP contribution in [0, 0.1) is 0 Å². The van der Waals surface area contributed by atoms with Crippen molar-refractivity contribution >= 4 is 102 Å². The van der Waals surface area contributed by atoms with Gasteiger partial charge in [0.1, 0.15) is 11.2 Å². The van der Waals surface area contributed by atoms with Gasteiger partial charge in [0.15, 0.2) is 0 Å². The van der Waals surface area contributed by atoms with Crippen LogP contribution in [0.4, 0.5) is 17.1 Å². The summed E-state index contributed by atoms with van der Waals surface area (Å²) in [5.74, 6) is 0. The average molecular weight is 700 g/mol. The molecule has 3 aromatic heterocycles. The molecule has 52 heavy (non-hydrogen) atoms. The number of furan rings is 1. The predicted octanol–water partition coefficient (Wildman–Crippen LogP) is 15.1. The Morgan fingerprint density at radius 3 is 1.71 bits per heavy atom. The standard InChI is InChI=1S/C48H29NOS2/c1-2-11-30(12-3-1)31-21-23-32(24-22-31)33-25-27-34(28-26-33)49(39-17-10-16-36-35-13-5-8-19-42(35)52-48(36)39)40-29-44-46(38-15-6-9-20-43(38)51-44)47-45(40)37-14-4-7-18-41(37)50-47/h1-29H. The first-order valence-electron chi connectivity index (χ1n) is 17.5. The molecule has 0 amide bonds. The Balaban J connectivity index is 1.16. The third kappa shape index (κ3) is 4.55. The normalized spacial score (nSPS) is 11.8. The van der Waals surface area contributed by atoms with Gasteiger partial charge in [-0.1, -0.05) is 133 Å². The fourth-order valence-electron chi connectivity index (χ4n) is 7.85. The molecule has 4 heteroatoms. The van der Waals surface area contributed by atoms with E-state index >= 15 is 0 Å². The molecule has 0 radical (unpaired) electrons. The minimum atomic E-state index is 0.899. The fraction of sp³-hybridized carbons (Fsp3) is 0. The van der Waals surface area contributed by atoms with Crippen molar-refractivity contribution in [3.05, 3.63) is 176 Å². The van der Waals surface area contributed by atoms with Gasteiger partial charge >= 0.3 is 0 Å². The van der Waals surface area contributed by atoms with E-state index in [1.165, 1.54) is 62.6 Å². The topological polar surface area (TPSA) is 16.4 Å². The van der Waals surface area contributed by atoms with Crippen LogP contribution < -0.4 is 4.90 Å². The second kappa shape index (κ2) is 11.7. The number of anilines is 3. The maximum Gasteiger partial charge on any atom is 0.146 e. The number of thiophene rings is 2. The zero-order valence-corrected chi connectivity index (χ0v) is 29.5. The van der Waals surface area contributed by atoms with Crippen LogP contribution in [0.15, 0.2) is 180 Å². The fourth-order valence-corrected chi connectivity index (χ4v) is 10.2. The molecule has 0 bridgehead atoms. The number of benzene rings is 8. The van der Waals surface area contributed by atoms with Gasteiger partial charge in [0, 0.05) is 46.7 Å². The first-order valence-corrected chi connectivity index (χ1v) is 19.1. The molecule has 0 atom stereocenters. The first-order chi connectivity index (χ1) is 25.8. The van der Waals surface area contributed by atoms with Crippen LogP contribution in [0.25, 0.3) is 84.5 Å². The third-order valence-corrected chi connectivity index (χ3v) is 12.6. The summed E-state index contributed by atoms with van der Waals surface area (Å²) in [4.78, 5) is 2.47. The molecule has 0 N–H and O–H groups in total. The molecule has 0 fully saturated rings. The highest BCUT2D eigenvalue weighted by Crippen LogP contribution is 2.51. The highest BCUT2D eigenvalue weighted by Gasteiger charge is 2.25. The molecule has 0 spiro atoms. The summed E-state index contributed by atoms with van der Waals surface area (Å²) in [7, 11) is 0. The molecule has 244 valence electrons. The van der Waals surface area contributed by atoms with Crippen molar-refractivity contribution in [3.63, 3.8) is 0 Å². The van der Waals surface area contributed by atoms with Gasteiger partial charge in [0.05, 0.1) is 21.5 Å². The Labute approximate surface area is 308 Å². The quantitative estimate of drug-likeness (QED) is 0.178. The molecule has 11 rings (SSSR count). The Morgan fingerprint density at radius 2 is 0.962 bits per heavy atom. The summed E-state index contributed by atoms with van der Waals surface area (Å²) in [6.45, 7) is 0. The monoisotopic (exact) mass is 699 g/mol. The maximum atomic E-state index is 6.83. The minimum Gasteiger partial charge on any atom is -0.455 e. The Bertz CT molecular complexity index is 3110. The van der Waals surface area contributed by atoms with Crippen molar-refractivity contribution in [3.8, 4) is 22.3 Å². The summed E-state index contributed by atoms with van der Waals surface area (Å²) in [5.41, 5.74) is 10.0. The van der Waals surface area contributed by atoms with Gasteiger partial charge in [-0.2, -0.15) is 0 Å². The first kappa shape index (κ1) is 29.5. The largest absolute Gasteiger partial charge is 0.455 e. The van der Waals surface area contributed by atoms with Gasteiger partial charge in [-0.05, 0) is 64.7 Å². The van der Waals surface area contributed by atoms with Crippen molar-refractivity contribution in [2.75, 3.05) is 4.90 Å². The number of fused-ring (bicyclic) bond motifs is 10. The molecule has 0 saturated heterocycles. The molecule has 8 aromatic carbocycles. The van der Waals surface area contributed by atoms with E-state index in [4.69, 9.17) is 4.42 Å². The van der Waals surface area contributed by atoms with Crippen molar-refractivity contribution in [2.24, 2.45) is 0 Å². The summed E-state index contributed by atoms with van der Waals surface area (Å²) in [6, 6.07) is 63.5. The van der Waals surface area contributed by atoms with E-state index < -0.39 is 0 Å². The summed E-state index contributed by atoms with van der Waals surface area (Å²) >= 11 is 3.69. The van der Waals surface area contributed by atoms with Crippen LogP contribution in [0.5, 0.6) is 0 Å². The predicted molar refractivity (Wildman–Crippen MR) is 225 cm³/mol. The molecule has 0 aliphatic heterocycles. The second-order valence-electron chi connectivity index (χ2n) is 13.2. The van der Waals surface area contributed by atoms with Gasteiger partial charge in [0.25, 0.3) is 0 Å². The lowest BCUT2D eigenvalue weighted by Gasteiger charge is -2.27. The SMILES string of the molecule is c1ccc(-c2ccc(-c3ccc(N(c4cccc5c4sc4ccccc45)c4cc5sc6ccccc6c5c5oc6ccccc6c45)cc3)cc2)cc1. The smallest absolute Gasteiger partial charge is 0.146 e. The number of hydrogen-bond acceptors (Lipinski definition) is 4. The zero-order chi connectivity index (χ0) is 34.2. The summed E-state index contributed by atoms with van der Waals surface area (Å²) < 4.78 is 11.9. The Morgan fingerprint density at radius 1 is 0.385 bits per heavy atom. The number of hydrogen-bond donors (Lipinski definition) is 0. The zero-order valence-electron chi connectivity index (χ0n) is 27.9. The molecule has 0 saturated carbocycles. The molecular formula is C48H29NOS2. The van der Waals surface area contributed by atoms with Crippen LogP contribution >= 0.6 is 22.7 Å². The number of rotatable bonds is 5. The average Bonchev–Trinajstić information content (AvgIpc) is 3.90. The lowest BCUT2D eigenvalue weighted by atomic mass is 9.99. The van der Waals surface area contributed by atoms with Crippen molar-refractivity contribution in [2.45, 2.75) is 0 Å². The lowest BCUT2D eigenvalue weighted by molar-refractivity contribution is 0.673. The van der Waals surface area contributed by atoms with E-state index in [9.17, 15) is 0 Å². The molecule has 11 aromatic rings. The van der Waals surface area contributed by atoms with Gasteiger partial charge in [0.2, 0.25) is 0 Å². The Hall–Kier alpha value is -6.20. The van der Waals surface area contributed by atoms with Gasteiger partial charge in [-0.15, -0.1) is 22.7 Å². The highest BCUT2D eigenvalue weighted by atomic mass is 32.1. The molecule has 0 unspecified atom stereocenters. The van der Waals surface area contributed by atoms with E-state index in [0.29, 0.717) is 0 Å². The second-order valence-corrected chi connectivity index (χ2v) is 15.4. The minimum absolute atomic E-state index is 0.899. The van der Waals surface area contributed by atoms with E-state index in [0.717, 1.165) is 39.0 Å². The van der Waals surface area contributed by atoms with Gasteiger partial charge in [-0.3, -0.25) is 0 Å². The van der Waals surface area contributed by atoms with E-state index in [1.807, 2.05) is 22.7 Å². The van der Waals surface area contributed by atoms with Crippen molar-refractivity contribution < 1.29 is 4.42 Å². The third-order valence-electron chi connectivity index (χ3n) is 10.3. The lowest BCUT2D eigenvalue weighted by Crippen LogP contribution is -2.10. The van der Waals surface area contributed by atoms with Crippen LogP contribution in [0.1, 0.15) is 0 Å². The summed E-state index contributed by atoms with van der Waals surface area (Å²) in [5, 5.41) is 7.23. The molecule has 2 nitrogen and oxygen atoms in total. The molecule has 3 heterocycles. The van der Waals surface area contributed by atoms with Crippen molar-refractivity contribution in [1.29, 1.82) is 0 Å². The molecule has 0 aliphatic rings. The van der Waals surface area contributed by atoms with Crippen LogP contribution in [-0.2, 0) is 0 Å². The van der Waals surface area contributed by atoms with Crippen LogP contribution in [-0.4, -0.2) is 0 Å². The van der Waals surface area contributed by atoms with Gasteiger partial charge < -0.3 is 9.32 Å². The number of para-hydroxylation sites is 1. The van der Waals surface area contributed by atoms with E-state index in [1.54, 1.807) is 0 Å². The Kier molecular flexibility index (Phi) is 6.63. The maximum absolute atomic E-state index is 6.83. The van der Waals surface area contributed by atoms with Crippen molar-refractivity contribution in [1.82, 2.24) is 0 Å². The van der Waals surface area contributed by atoms with Crippen LogP contribution in [0.3, 0.4) is 0 Å². The van der Waals surface area contributed by atoms with E-state index in [-0.39, 0.29) is 0 Å². The molecule has 0 aliphatic carbocycles. The summed E-state index contributed by atoms with van der Waals surface area (Å²) in [6.07, 6.45) is 0. The van der Waals surface area contributed by atoms with Gasteiger partial charge in [-0.25, -0.2) is 0 Å². The molecular weight excluding hydrogens is 671 g/mol.